The maximum absolute atomic E-state index is 4.59. The lowest BCUT2D eigenvalue weighted by atomic mass is 9.97. The third-order valence-electron chi connectivity index (χ3n) is 3.94. The molecule has 1 aromatic heterocycles. The van der Waals surface area contributed by atoms with E-state index in [1.807, 2.05) is 11.3 Å². The van der Waals surface area contributed by atoms with Crippen molar-refractivity contribution in [2.45, 2.75) is 65.3 Å². The molecule has 0 spiro atoms. The van der Waals surface area contributed by atoms with Gasteiger partial charge in [0, 0.05) is 10.9 Å². The van der Waals surface area contributed by atoms with Gasteiger partial charge in [-0.15, -0.1) is 11.3 Å². The van der Waals surface area contributed by atoms with Crippen LogP contribution in [-0.2, 0) is 0 Å². The quantitative estimate of drug-likeness (QED) is 0.826. The molecule has 0 saturated heterocycles. The van der Waals surface area contributed by atoms with Gasteiger partial charge >= 0.3 is 0 Å². The Bertz CT molecular complexity index is 367. The van der Waals surface area contributed by atoms with Gasteiger partial charge in [0.25, 0.3) is 0 Å². The number of aryl methyl sites for hydroxylation is 2. The van der Waals surface area contributed by atoms with Crippen molar-refractivity contribution in [1.82, 2.24) is 10.3 Å². The number of thiazole rings is 1. The fraction of sp³-hybridized carbons (Fsp3) is 0.800. The molecule has 1 aromatic rings. The molecular formula is C15H26N2S. The highest BCUT2D eigenvalue weighted by molar-refractivity contribution is 7.11. The highest BCUT2D eigenvalue weighted by Crippen LogP contribution is 2.35. The molecule has 1 N–H and O–H groups in total. The van der Waals surface area contributed by atoms with Crippen LogP contribution in [0.5, 0.6) is 0 Å². The van der Waals surface area contributed by atoms with E-state index in [-0.39, 0.29) is 0 Å². The molecule has 0 bridgehead atoms. The fourth-order valence-electron chi connectivity index (χ4n) is 3.05. The summed E-state index contributed by atoms with van der Waals surface area (Å²) in [7, 11) is 0. The predicted molar refractivity (Wildman–Crippen MR) is 79.2 cm³/mol. The SMILES string of the molecule is CCCNC(CC1CCCC1)c1sc(C)nc1C. The smallest absolute Gasteiger partial charge is 0.0900 e. The molecule has 3 heteroatoms. The summed E-state index contributed by atoms with van der Waals surface area (Å²) in [4.78, 5) is 6.07. The van der Waals surface area contributed by atoms with Crippen LogP contribution in [0.15, 0.2) is 0 Å². The lowest BCUT2D eigenvalue weighted by Crippen LogP contribution is -2.24. The molecule has 1 unspecified atom stereocenters. The van der Waals surface area contributed by atoms with Crippen molar-refractivity contribution in [3.8, 4) is 0 Å². The molecule has 0 aliphatic heterocycles. The number of hydrogen-bond acceptors (Lipinski definition) is 3. The Morgan fingerprint density at radius 2 is 2.06 bits per heavy atom. The third kappa shape index (κ3) is 3.55. The highest BCUT2D eigenvalue weighted by Gasteiger charge is 2.23. The van der Waals surface area contributed by atoms with Gasteiger partial charge in [-0.1, -0.05) is 32.6 Å². The zero-order valence-electron chi connectivity index (χ0n) is 12.0. The summed E-state index contributed by atoms with van der Waals surface area (Å²) in [6.45, 7) is 7.64. The number of rotatable bonds is 6. The summed E-state index contributed by atoms with van der Waals surface area (Å²) in [5, 5.41) is 4.94. The van der Waals surface area contributed by atoms with Crippen LogP contribution in [0.2, 0.25) is 0 Å². The monoisotopic (exact) mass is 266 g/mol. The molecule has 102 valence electrons. The van der Waals surface area contributed by atoms with Crippen molar-refractivity contribution >= 4 is 11.3 Å². The van der Waals surface area contributed by atoms with E-state index in [1.54, 1.807) is 0 Å². The van der Waals surface area contributed by atoms with Crippen molar-refractivity contribution in [3.05, 3.63) is 15.6 Å². The Balaban J connectivity index is 2.05. The Hall–Kier alpha value is -0.410. The van der Waals surface area contributed by atoms with Crippen LogP contribution in [0.1, 0.15) is 67.1 Å². The molecule has 0 amide bonds. The number of nitrogens with zero attached hydrogens (tertiary/aromatic N) is 1. The second-order valence-corrected chi connectivity index (χ2v) is 6.81. The number of hydrogen-bond donors (Lipinski definition) is 1. The molecule has 0 radical (unpaired) electrons. The number of nitrogens with one attached hydrogen (secondary N) is 1. The fourth-order valence-corrected chi connectivity index (χ4v) is 4.07. The minimum Gasteiger partial charge on any atom is -0.309 e. The molecule has 0 aromatic carbocycles. The maximum Gasteiger partial charge on any atom is 0.0900 e. The van der Waals surface area contributed by atoms with Gasteiger partial charge in [0.2, 0.25) is 0 Å². The molecule has 1 saturated carbocycles. The standard InChI is InChI=1S/C15H26N2S/c1-4-9-16-14(10-13-7-5-6-8-13)15-11(2)17-12(3)18-15/h13-14,16H,4-10H2,1-3H3. The van der Waals surface area contributed by atoms with E-state index in [0.29, 0.717) is 6.04 Å². The molecule has 1 aliphatic carbocycles. The molecule has 1 aliphatic rings. The molecule has 2 rings (SSSR count). The average Bonchev–Trinajstić information content (AvgIpc) is 2.94. The zero-order valence-corrected chi connectivity index (χ0v) is 12.8. The Kier molecular flexibility index (Phi) is 5.19. The van der Waals surface area contributed by atoms with E-state index in [4.69, 9.17) is 0 Å². The van der Waals surface area contributed by atoms with Gasteiger partial charge in [-0.25, -0.2) is 4.98 Å². The van der Waals surface area contributed by atoms with Gasteiger partial charge in [0.1, 0.15) is 0 Å². The number of aromatic nitrogens is 1. The van der Waals surface area contributed by atoms with Crippen LogP contribution in [0.3, 0.4) is 0 Å². The van der Waals surface area contributed by atoms with Gasteiger partial charge in [-0.3, -0.25) is 0 Å². The minimum absolute atomic E-state index is 0.541. The zero-order chi connectivity index (χ0) is 13.0. The summed E-state index contributed by atoms with van der Waals surface area (Å²) in [5.74, 6) is 0.932. The van der Waals surface area contributed by atoms with E-state index < -0.39 is 0 Å². The predicted octanol–water partition coefficient (Wildman–Crippen LogP) is 4.38. The normalized spacial score (nSPS) is 18.4. The summed E-state index contributed by atoms with van der Waals surface area (Å²) in [6, 6.07) is 0.541. The first-order valence-corrected chi connectivity index (χ1v) is 8.19. The van der Waals surface area contributed by atoms with Gasteiger partial charge < -0.3 is 5.32 Å². The van der Waals surface area contributed by atoms with E-state index in [2.05, 4.69) is 31.1 Å². The van der Waals surface area contributed by atoms with Crippen LogP contribution in [-0.4, -0.2) is 11.5 Å². The van der Waals surface area contributed by atoms with E-state index in [0.717, 1.165) is 12.5 Å². The summed E-state index contributed by atoms with van der Waals surface area (Å²) in [6.07, 6.45) is 8.25. The van der Waals surface area contributed by atoms with Crippen molar-refractivity contribution in [1.29, 1.82) is 0 Å². The second kappa shape index (κ2) is 6.67. The summed E-state index contributed by atoms with van der Waals surface area (Å²) >= 11 is 1.88. The first-order valence-electron chi connectivity index (χ1n) is 7.38. The van der Waals surface area contributed by atoms with E-state index in [9.17, 15) is 0 Å². The molecule has 1 heterocycles. The molecule has 1 atom stereocenters. The van der Waals surface area contributed by atoms with E-state index >= 15 is 0 Å². The van der Waals surface area contributed by atoms with Gasteiger partial charge in [0.05, 0.1) is 10.7 Å². The first kappa shape index (κ1) is 14.0. The van der Waals surface area contributed by atoms with Gasteiger partial charge in [0.15, 0.2) is 0 Å². The van der Waals surface area contributed by atoms with Crippen LogP contribution in [0, 0.1) is 19.8 Å². The van der Waals surface area contributed by atoms with E-state index in [1.165, 1.54) is 54.1 Å². The lowest BCUT2D eigenvalue weighted by molar-refractivity contribution is 0.398. The second-order valence-electron chi connectivity index (χ2n) is 5.58. The van der Waals surface area contributed by atoms with Crippen molar-refractivity contribution in [2.75, 3.05) is 6.54 Å². The van der Waals surface area contributed by atoms with Crippen LogP contribution >= 0.6 is 11.3 Å². The summed E-state index contributed by atoms with van der Waals surface area (Å²) < 4.78 is 0. The first-order chi connectivity index (χ1) is 8.70. The van der Waals surface area contributed by atoms with Gasteiger partial charge in [-0.05, 0) is 39.2 Å². The average molecular weight is 266 g/mol. The van der Waals surface area contributed by atoms with Crippen molar-refractivity contribution in [2.24, 2.45) is 5.92 Å². The summed E-state index contributed by atoms with van der Waals surface area (Å²) in [5.41, 5.74) is 1.24. The van der Waals surface area contributed by atoms with Crippen molar-refractivity contribution < 1.29 is 0 Å². The van der Waals surface area contributed by atoms with Crippen LogP contribution in [0.4, 0.5) is 0 Å². The lowest BCUT2D eigenvalue weighted by Gasteiger charge is -2.21. The topological polar surface area (TPSA) is 24.9 Å². The van der Waals surface area contributed by atoms with Crippen LogP contribution < -0.4 is 5.32 Å². The highest BCUT2D eigenvalue weighted by atomic mass is 32.1. The van der Waals surface area contributed by atoms with Crippen LogP contribution in [0.25, 0.3) is 0 Å². The molecule has 18 heavy (non-hydrogen) atoms. The van der Waals surface area contributed by atoms with Crippen molar-refractivity contribution in [3.63, 3.8) is 0 Å². The minimum atomic E-state index is 0.541. The molecule has 1 fully saturated rings. The molecule has 2 nitrogen and oxygen atoms in total. The Morgan fingerprint density at radius 1 is 1.33 bits per heavy atom. The largest absolute Gasteiger partial charge is 0.309 e. The Morgan fingerprint density at radius 3 is 2.61 bits per heavy atom. The maximum atomic E-state index is 4.59. The molecular weight excluding hydrogens is 240 g/mol. The Labute approximate surface area is 115 Å². The van der Waals surface area contributed by atoms with Gasteiger partial charge in [-0.2, -0.15) is 0 Å². The third-order valence-corrected chi connectivity index (χ3v) is 5.13.